The molecular weight excluding hydrogens is 248 g/mol. The number of amides is 2. The lowest BCUT2D eigenvalue weighted by molar-refractivity contribution is -0.143. The van der Waals surface area contributed by atoms with Gasteiger partial charge in [-0.1, -0.05) is 19.3 Å². The van der Waals surface area contributed by atoms with E-state index >= 15 is 0 Å². The van der Waals surface area contributed by atoms with Crippen molar-refractivity contribution in [2.24, 2.45) is 5.92 Å². The molecule has 1 aliphatic carbocycles. The summed E-state index contributed by atoms with van der Waals surface area (Å²) in [5.74, 6) is -1.72. The van der Waals surface area contributed by atoms with Crippen LogP contribution >= 0.6 is 0 Å². The summed E-state index contributed by atoms with van der Waals surface area (Å²) in [5, 5.41) is 14.7. The van der Waals surface area contributed by atoms with Gasteiger partial charge in [0.1, 0.15) is 6.04 Å². The summed E-state index contributed by atoms with van der Waals surface area (Å²) in [6.45, 7) is 0. The summed E-state index contributed by atoms with van der Waals surface area (Å²) in [5.41, 5.74) is 0. The molecule has 0 aromatic heterocycles. The van der Waals surface area contributed by atoms with Crippen LogP contribution in [0.15, 0.2) is 0 Å². The minimum Gasteiger partial charge on any atom is -0.481 e. The average molecular weight is 268 g/mol. The molecule has 0 aromatic carbocycles. The minimum atomic E-state index is -0.845. The molecule has 1 saturated heterocycles. The fourth-order valence-corrected chi connectivity index (χ4v) is 2.87. The van der Waals surface area contributed by atoms with Crippen LogP contribution in [-0.2, 0) is 14.4 Å². The van der Waals surface area contributed by atoms with Gasteiger partial charge in [-0.2, -0.15) is 0 Å². The standard InChI is InChI=1S/C13H20N2O4/c16-11-7-6-10(14-11)12(17)15-9-5-3-1-2-4-8(9)13(18)19/h8-10H,1-7H2,(H,14,16)(H,15,17)(H,18,19). The van der Waals surface area contributed by atoms with Crippen LogP contribution in [0.4, 0.5) is 0 Å². The largest absolute Gasteiger partial charge is 0.481 e. The van der Waals surface area contributed by atoms with Crippen molar-refractivity contribution in [2.45, 2.75) is 57.0 Å². The van der Waals surface area contributed by atoms with Crippen molar-refractivity contribution < 1.29 is 19.5 Å². The van der Waals surface area contributed by atoms with Crippen LogP contribution in [0.3, 0.4) is 0 Å². The highest BCUT2D eigenvalue weighted by Gasteiger charge is 2.34. The van der Waals surface area contributed by atoms with E-state index in [1.165, 1.54) is 0 Å². The zero-order valence-electron chi connectivity index (χ0n) is 10.9. The Morgan fingerprint density at radius 3 is 2.53 bits per heavy atom. The first kappa shape index (κ1) is 13.8. The molecule has 3 atom stereocenters. The molecule has 2 rings (SSSR count). The van der Waals surface area contributed by atoms with Gasteiger partial charge in [-0.15, -0.1) is 0 Å². The molecule has 3 N–H and O–H groups in total. The highest BCUT2D eigenvalue weighted by atomic mass is 16.4. The van der Waals surface area contributed by atoms with E-state index in [0.717, 1.165) is 19.3 Å². The Balaban J connectivity index is 1.96. The van der Waals surface area contributed by atoms with E-state index in [0.29, 0.717) is 25.7 Å². The second kappa shape index (κ2) is 6.04. The van der Waals surface area contributed by atoms with Crippen LogP contribution in [0, 0.1) is 5.92 Å². The predicted molar refractivity (Wildman–Crippen MR) is 67.3 cm³/mol. The average Bonchev–Trinajstić information content (AvgIpc) is 2.65. The number of hydrogen-bond acceptors (Lipinski definition) is 3. The summed E-state index contributed by atoms with van der Waals surface area (Å²) in [6.07, 6.45) is 5.01. The SMILES string of the molecule is O=C1CCC(C(=O)NC2CCCCCC2C(=O)O)N1. The third-order valence-corrected chi connectivity index (χ3v) is 3.97. The summed E-state index contributed by atoms with van der Waals surface area (Å²) < 4.78 is 0. The fraction of sp³-hybridized carbons (Fsp3) is 0.769. The highest BCUT2D eigenvalue weighted by Crippen LogP contribution is 2.24. The summed E-state index contributed by atoms with van der Waals surface area (Å²) in [4.78, 5) is 34.4. The monoisotopic (exact) mass is 268 g/mol. The van der Waals surface area contributed by atoms with Crippen molar-refractivity contribution in [1.29, 1.82) is 0 Å². The first-order valence-electron chi connectivity index (χ1n) is 6.90. The van der Waals surface area contributed by atoms with E-state index in [4.69, 9.17) is 0 Å². The minimum absolute atomic E-state index is 0.115. The normalized spacial score (nSPS) is 31.4. The third kappa shape index (κ3) is 3.45. The van der Waals surface area contributed by atoms with Crippen LogP contribution < -0.4 is 10.6 Å². The topological polar surface area (TPSA) is 95.5 Å². The molecule has 2 aliphatic rings. The van der Waals surface area contributed by atoms with Crippen LogP contribution in [0.5, 0.6) is 0 Å². The highest BCUT2D eigenvalue weighted by molar-refractivity contribution is 5.91. The lowest BCUT2D eigenvalue weighted by Crippen LogP contribution is -2.49. The van der Waals surface area contributed by atoms with Gasteiger partial charge in [0.15, 0.2) is 0 Å². The quantitative estimate of drug-likeness (QED) is 0.646. The third-order valence-electron chi connectivity index (χ3n) is 3.97. The second-order valence-corrected chi connectivity index (χ2v) is 5.36. The molecule has 1 aliphatic heterocycles. The van der Waals surface area contributed by atoms with Crippen LogP contribution in [0.2, 0.25) is 0 Å². The molecule has 6 nitrogen and oxygen atoms in total. The summed E-state index contributed by atoms with van der Waals surface area (Å²) in [7, 11) is 0. The lowest BCUT2D eigenvalue weighted by atomic mass is 9.94. The van der Waals surface area contributed by atoms with Gasteiger partial charge in [-0.05, 0) is 19.3 Å². The molecule has 0 radical (unpaired) electrons. The second-order valence-electron chi connectivity index (χ2n) is 5.36. The van der Waals surface area contributed by atoms with Gasteiger partial charge >= 0.3 is 5.97 Å². The number of rotatable bonds is 3. The Morgan fingerprint density at radius 2 is 1.89 bits per heavy atom. The molecule has 0 bridgehead atoms. The van der Waals surface area contributed by atoms with Gasteiger partial charge in [0.25, 0.3) is 0 Å². The van der Waals surface area contributed by atoms with Crippen molar-refractivity contribution in [1.82, 2.24) is 10.6 Å². The van der Waals surface area contributed by atoms with Gasteiger partial charge < -0.3 is 15.7 Å². The van der Waals surface area contributed by atoms with Gasteiger partial charge in [-0.3, -0.25) is 14.4 Å². The zero-order chi connectivity index (χ0) is 13.8. The molecule has 2 fully saturated rings. The van der Waals surface area contributed by atoms with E-state index in [1.807, 2.05) is 0 Å². The lowest BCUT2D eigenvalue weighted by Gasteiger charge is -2.24. The summed E-state index contributed by atoms with van der Waals surface area (Å²) in [6, 6.07) is -0.810. The molecule has 6 heteroatoms. The molecule has 0 spiro atoms. The number of nitrogens with one attached hydrogen (secondary N) is 2. The first-order valence-corrected chi connectivity index (χ1v) is 6.90. The number of carboxylic acids is 1. The Hall–Kier alpha value is -1.59. The van der Waals surface area contributed by atoms with E-state index < -0.39 is 17.9 Å². The molecule has 1 saturated carbocycles. The first-order chi connectivity index (χ1) is 9.08. The Kier molecular flexibility index (Phi) is 4.39. The molecule has 19 heavy (non-hydrogen) atoms. The van der Waals surface area contributed by atoms with Crippen LogP contribution in [0.25, 0.3) is 0 Å². The molecule has 2 amide bonds. The smallest absolute Gasteiger partial charge is 0.308 e. The fourth-order valence-electron chi connectivity index (χ4n) is 2.87. The van der Waals surface area contributed by atoms with Gasteiger partial charge in [0, 0.05) is 12.5 Å². The van der Waals surface area contributed by atoms with E-state index in [1.54, 1.807) is 0 Å². The number of carboxylic acid groups (broad SMARTS) is 1. The van der Waals surface area contributed by atoms with Crippen molar-refractivity contribution in [3.8, 4) is 0 Å². The molecule has 106 valence electrons. The van der Waals surface area contributed by atoms with E-state index in [9.17, 15) is 19.5 Å². The van der Waals surface area contributed by atoms with E-state index in [2.05, 4.69) is 10.6 Å². The van der Waals surface area contributed by atoms with Crippen molar-refractivity contribution in [3.05, 3.63) is 0 Å². The van der Waals surface area contributed by atoms with Crippen LogP contribution in [-0.4, -0.2) is 35.0 Å². The van der Waals surface area contributed by atoms with Crippen molar-refractivity contribution in [2.75, 3.05) is 0 Å². The van der Waals surface area contributed by atoms with Crippen molar-refractivity contribution in [3.63, 3.8) is 0 Å². The van der Waals surface area contributed by atoms with Gasteiger partial charge in [0.05, 0.1) is 5.92 Å². The number of hydrogen-bond donors (Lipinski definition) is 3. The molecule has 3 unspecified atom stereocenters. The number of carbonyl (C=O) groups is 3. The molecule has 0 aromatic rings. The zero-order valence-corrected chi connectivity index (χ0v) is 10.9. The predicted octanol–water partition coefficient (Wildman–Crippen LogP) is 0.415. The van der Waals surface area contributed by atoms with Crippen LogP contribution in [0.1, 0.15) is 44.9 Å². The number of carbonyl (C=O) groups excluding carboxylic acids is 2. The Labute approximate surface area is 111 Å². The molecule has 1 heterocycles. The maximum Gasteiger partial charge on any atom is 0.308 e. The van der Waals surface area contributed by atoms with Crippen molar-refractivity contribution >= 4 is 17.8 Å². The van der Waals surface area contributed by atoms with E-state index in [-0.39, 0.29) is 17.9 Å². The van der Waals surface area contributed by atoms with Gasteiger partial charge in [-0.25, -0.2) is 0 Å². The number of aliphatic carboxylic acids is 1. The summed E-state index contributed by atoms with van der Waals surface area (Å²) >= 11 is 0. The molecular formula is C13H20N2O4. The Bertz CT molecular complexity index is 383. The Morgan fingerprint density at radius 1 is 1.16 bits per heavy atom. The maximum absolute atomic E-state index is 12.0. The maximum atomic E-state index is 12.0. The van der Waals surface area contributed by atoms with Gasteiger partial charge in [0.2, 0.25) is 11.8 Å².